The minimum absolute atomic E-state index is 0. The molecule has 3 rings (SSSR count). The van der Waals surface area contributed by atoms with Gasteiger partial charge in [0.25, 0.3) is 0 Å². The highest BCUT2D eigenvalue weighted by atomic mass is 127. The molecule has 0 saturated heterocycles. The van der Waals surface area contributed by atoms with Crippen molar-refractivity contribution in [2.45, 2.75) is 26.6 Å². The van der Waals surface area contributed by atoms with Crippen LogP contribution in [0.2, 0.25) is 0 Å². The molecule has 9 heteroatoms. The number of aromatic nitrogens is 3. The van der Waals surface area contributed by atoms with Crippen LogP contribution in [-0.4, -0.2) is 32.7 Å². The van der Waals surface area contributed by atoms with E-state index in [9.17, 15) is 4.39 Å². The lowest BCUT2D eigenvalue weighted by atomic mass is 10.2. The van der Waals surface area contributed by atoms with Gasteiger partial charge in [0.15, 0.2) is 11.8 Å². The van der Waals surface area contributed by atoms with Gasteiger partial charge in [-0.15, -0.1) is 45.5 Å². The van der Waals surface area contributed by atoms with Crippen LogP contribution >= 0.6 is 35.3 Å². The lowest BCUT2D eigenvalue weighted by Crippen LogP contribution is -2.38. The lowest BCUT2D eigenvalue weighted by molar-refractivity contribution is 0.473. The third-order valence-electron chi connectivity index (χ3n) is 4.25. The summed E-state index contributed by atoms with van der Waals surface area (Å²) < 4.78 is 15.1. The number of hydrogen-bond donors (Lipinski definition) is 1. The summed E-state index contributed by atoms with van der Waals surface area (Å²) in [6.07, 6.45) is 0. The van der Waals surface area contributed by atoms with Crippen LogP contribution in [0.3, 0.4) is 0 Å². The predicted octanol–water partition coefficient (Wildman–Crippen LogP) is 3.72. The Bertz CT molecular complexity index is 892. The Balaban J connectivity index is 0.00000280. The van der Waals surface area contributed by atoms with Crippen molar-refractivity contribution in [3.8, 4) is 0 Å². The van der Waals surface area contributed by atoms with E-state index in [4.69, 9.17) is 4.99 Å². The zero-order valence-corrected chi connectivity index (χ0v) is 19.2. The number of hydrogen-bond acceptors (Lipinski definition) is 4. The second-order valence-electron chi connectivity index (χ2n) is 6.28. The van der Waals surface area contributed by atoms with Crippen molar-refractivity contribution in [3.63, 3.8) is 0 Å². The summed E-state index contributed by atoms with van der Waals surface area (Å²) in [6, 6.07) is 10.6. The van der Waals surface area contributed by atoms with E-state index in [2.05, 4.69) is 27.0 Å². The average molecular weight is 514 g/mol. The Morgan fingerprint density at radius 2 is 2.00 bits per heavy atom. The molecular weight excluding hydrogens is 490 g/mol. The van der Waals surface area contributed by atoms with Gasteiger partial charge in [0.1, 0.15) is 18.2 Å². The number of benzene rings is 1. The Kier molecular flexibility index (Phi) is 8.36. The largest absolute Gasteiger partial charge is 0.351 e. The Morgan fingerprint density at radius 1 is 1.25 bits per heavy atom. The first kappa shape index (κ1) is 22.3. The van der Waals surface area contributed by atoms with E-state index in [1.807, 2.05) is 36.6 Å². The molecule has 0 spiro atoms. The van der Waals surface area contributed by atoms with E-state index in [0.717, 1.165) is 23.2 Å². The number of aliphatic imine (C=N–C) groups is 1. The zero-order chi connectivity index (χ0) is 19.2. The number of aryl methyl sites for hydroxylation is 1. The van der Waals surface area contributed by atoms with Crippen LogP contribution in [-0.2, 0) is 26.7 Å². The van der Waals surface area contributed by atoms with Gasteiger partial charge in [0.2, 0.25) is 0 Å². The average Bonchev–Trinajstić information content (AvgIpc) is 3.28. The van der Waals surface area contributed by atoms with Crippen molar-refractivity contribution >= 4 is 41.3 Å². The van der Waals surface area contributed by atoms with Crippen LogP contribution in [0.5, 0.6) is 0 Å². The normalized spacial score (nSPS) is 11.2. The summed E-state index contributed by atoms with van der Waals surface area (Å²) in [7, 11) is 3.90. The summed E-state index contributed by atoms with van der Waals surface area (Å²) in [5.41, 5.74) is 1.01. The topological polar surface area (TPSA) is 58.3 Å². The van der Waals surface area contributed by atoms with Crippen LogP contribution in [0.1, 0.15) is 22.1 Å². The van der Waals surface area contributed by atoms with E-state index in [0.29, 0.717) is 19.6 Å². The molecule has 150 valence electrons. The second kappa shape index (κ2) is 10.5. The number of halogens is 2. The summed E-state index contributed by atoms with van der Waals surface area (Å²) >= 11 is 1.70. The zero-order valence-electron chi connectivity index (χ0n) is 16.1. The van der Waals surface area contributed by atoms with Gasteiger partial charge in [-0.3, -0.25) is 0 Å². The van der Waals surface area contributed by atoms with Gasteiger partial charge in [-0.2, -0.15) is 0 Å². The third kappa shape index (κ3) is 5.99. The maximum atomic E-state index is 13.1. The maximum Gasteiger partial charge on any atom is 0.194 e. The highest BCUT2D eigenvalue weighted by Crippen LogP contribution is 2.10. The van der Waals surface area contributed by atoms with E-state index >= 15 is 0 Å². The standard InChI is InChI=1S/C19H23FN6S.HI/c1-14-23-24-18(26(14)3)12-22-19(21-11-17-5-4-10-27-17)25(2)13-15-6-8-16(20)9-7-15;/h4-10H,11-13H2,1-3H3,(H,21,22);1H. The van der Waals surface area contributed by atoms with Gasteiger partial charge in [0, 0.05) is 25.5 Å². The molecular formula is C19H24FIN6S. The predicted molar refractivity (Wildman–Crippen MR) is 121 cm³/mol. The summed E-state index contributed by atoms with van der Waals surface area (Å²) in [6.45, 7) is 3.66. The number of thiophene rings is 1. The molecule has 1 N–H and O–H groups in total. The first-order valence-electron chi connectivity index (χ1n) is 8.64. The van der Waals surface area contributed by atoms with Crippen LogP contribution in [0.25, 0.3) is 0 Å². The van der Waals surface area contributed by atoms with Crippen molar-refractivity contribution < 1.29 is 4.39 Å². The highest BCUT2D eigenvalue weighted by Gasteiger charge is 2.10. The van der Waals surface area contributed by atoms with Gasteiger partial charge < -0.3 is 14.8 Å². The monoisotopic (exact) mass is 514 g/mol. The molecule has 0 amide bonds. The quantitative estimate of drug-likeness (QED) is 0.310. The lowest BCUT2D eigenvalue weighted by Gasteiger charge is -2.22. The molecule has 0 fully saturated rings. The van der Waals surface area contributed by atoms with Crippen LogP contribution < -0.4 is 5.32 Å². The Morgan fingerprint density at radius 3 is 2.61 bits per heavy atom. The van der Waals surface area contributed by atoms with E-state index < -0.39 is 0 Å². The minimum atomic E-state index is -0.233. The van der Waals surface area contributed by atoms with E-state index in [1.165, 1.54) is 17.0 Å². The van der Waals surface area contributed by atoms with Gasteiger partial charge >= 0.3 is 0 Å². The second-order valence-corrected chi connectivity index (χ2v) is 7.31. The number of rotatable bonds is 6. The fourth-order valence-corrected chi connectivity index (χ4v) is 3.21. The fraction of sp³-hybridized carbons (Fsp3) is 0.316. The van der Waals surface area contributed by atoms with Crippen molar-refractivity contribution in [2.75, 3.05) is 7.05 Å². The number of guanidine groups is 1. The molecule has 0 aliphatic rings. The summed E-state index contributed by atoms with van der Waals surface area (Å²) in [5, 5.41) is 13.7. The minimum Gasteiger partial charge on any atom is -0.351 e. The summed E-state index contributed by atoms with van der Waals surface area (Å²) in [4.78, 5) is 7.97. The molecule has 0 aliphatic carbocycles. The smallest absolute Gasteiger partial charge is 0.194 e. The van der Waals surface area contributed by atoms with E-state index in [-0.39, 0.29) is 29.8 Å². The molecule has 1 aromatic carbocycles. The van der Waals surface area contributed by atoms with Crippen molar-refractivity contribution in [1.82, 2.24) is 25.0 Å². The number of nitrogens with one attached hydrogen (secondary N) is 1. The molecule has 0 unspecified atom stereocenters. The molecule has 2 heterocycles. The van der Waals surface area contributed by atoms with E-state index in [1.54, 1.807) is 23.5 Å². The molecule has 0 bridgehead atoms. The van der Waals surface area contributed by atoms with Gasteiger partial charge in [0.05, 0.1) is 6.54 Å². The SMILES string of the molecule is Cc1nnc(CN=C(NCc2cccs2)N(C)Cc2ccc(F)cc2)n1C.I. The van der Waals surface area contributed by atoms with Crippen molar-refractivity contribution in [1.29, 1.82) is 0 Å². The Hall–Kier alpha value is -2.01. The fourth-order valence-electron chi connectivity index (χ4n) is 2.56. The third-order valence-corrected chi connectivity index (χ3v) is 5.12. The molecule has 3 aromatic rings. The number of nitrogens with zero attached hydrogens (tertiary/aromatic N) is 5. The molecule has 28 heavy (non-hydrogen) atoms. The van der Waals surface area contributed by atoms with Gasteiger partial charge in [-0.25, -0.2) is 9.38 Å². The van der Waals surface area contributed by atoms with Crippen molar-refractivity contribution in [2.24, 2.45) is 12.0 Å². The molecule has 0 aliphatic heterocycles. The summed E-state index contributed by atoms with van der Waals surface area (Å²) in [5.74, 6) is 2.18. The first-order chi connectivity index (χ1) is 13.0. The van der Waals surface area contributed by atoms with Crippen LogP contribution in [0.4, 0.5) is 4.39 Å². The first-order valence-corrected chi connectivity index (χ1v) is 9.52. The molecule has 6 nitrogen and oxygen atoms in total. The molecule has 0 atom stereocenters. The molecule has 0 saturated carbocycles. The van der Waals surface area contributed by atoms with Gasteiger partial charge in [-0.1, -0.05) is 18.2 Å². The molecule has 0 radical (unpaired) electrons. The highest BCUT2D eigenvalue weighted by molar-refractivity contribution is 14.0. The van der Waals surface area contributed by atoms with Crippen LogP contribution in [0, 0.1) is 12.7 Å². The Labute approximate surface area is 185 Å². The van der Waals surface area contributed by atoms with Gasteiger partial charge in [-0.05, 0) is 36.1 Å². The van der Waals surface area contributed by atoms with Crippen molar-refractivity contribution in [3.05, 3.63) is 69.7 Å². The van der Waals surface area contributed by atoms with Crippen LogP contribution in [0.15, 0.2) is 46.8 Å². The molecule has 2 aromatic heterocycles. The maximum absolute atomic E-state index is 13.1.